The molecular weight excluding hydrogens is 400 g/mol. The van der Waals surface area contributed by atoms with Gasteiger partial charge in [-0.25, -0.2) is 0 Å². The van der Waals surface area contributed by atoms with Crippen molar-refractivity contribution < 1.29 is 14.3 Å². The summed E-state index contributed by atoms with van der Waals surface area (Å²) in [5.41, 5.74) is 2.54. The molecule has 0 saturated heterocycles. The molecule has 1 aliphatic heterocycles. The number of hydrogen-bond acceptors (Lipinski definition) is 4. The second-order valence-electron chi connectivity index (χ2n) is 8.74. The second kappa shape index (κ2) is 9.82. The van der Waals surface area contributed by atoms with Crippen molar-refractivity contribution in [1.82, 2.24) is 5.32 Å². The summed E-state index contributed by atoms with van der Waals surface area (Å²) in [7, 11) is 1.65. The van der Waals surface area contributed by atoms with Crippen LogP contribution in [0, 0.1) is 5.41 Å². The zero-order valence-corrected chi connectivity index (χ0v) is 19.0. The maximum absolute atomic E-state index is 13.2. The molecule has 1 N–H and O–H groups in total. The number of carbonyl (C=O) groups excluding carboxylic acids is 1. The van der Waals surface area contributed by atoms with Gasteiger partial charge in [0, 0.05) is 47.9 Å². The molecule has 0 radical (unpaired) electrons. The topological polar surface area (TPSA) is 50.8 Å². The van der Waals surface area contributed by atoms with Crippen molar-refractivity contribution in [2.75, 3.05) is 38.3 Å². The zero-order chi connectivity index (χ0) is 21.7. The first-order valence-electron chi connectivity index (χ1n) is 10.4. The van der Waals surface area contributed by atoms with Crippen molar-refractivity contribution in [3.63, 3.8) is 0 Å². The normalized spacial score (nSPS) is 18.5. The van der Waals surface area contributed by atoms with Gasteiger partial charge in [-0.1, -0.05) is 50.6 Å². The zero-order valence-electron chi connectivity index (χ0n) is 18.2. The number of carbonyl (C=O) groups is 1. The van der Waals surface area contributed by atoms with Crippen LogP contribution in [-0.2, 0) is 9.53 Å². The summed E-state index contributed by atoms with van der Waals surface area (Å²) < 4.78 is 12.0. The fourth-order valence-electron chi connectivity index (χ4n) is 3.70. The van der Waals surface area contributed by atoms with Crippen LogP contribution in [0.15, 0.2) is 42.5 Å². The Kier molecular flexibility index (Phi) is 7.40. The second-order valence-corrected chi connectivity index (χ2v) is 9.17. The van der Waals surface area contributed by atoms with Crippen molar-refractivity contribution in [2.24, 2.45) is 5.41 Å². The molecule has 0 spiro atoms. The Bertz CT molecular complexity index is 879. The molecule has 2 aromatic carbocycles. The van der Waals surface area contributed by atoms with Gasteiger partial charge < -0.3 is 19.7 Å². The number of fused-ring (bicyclic) bond motifs is 1. The van der Waals surface area contributed by atoms with Crippen molar-refractivity contribution in [3.8, 4) is 5.75 Å². The molecule has 1 unspecified atom stereocenters. The third-order valence-corrected chi connectivity index (χ3v) is 5.23. The van der Waals surface area contributed by atoms with Gasteiger partial charge in [0.2, 0.25) is 5.91 Å². The minimum atomic E-state index is -0.412. The first-order valence-corrected chi connectivity index (χ1v) is 10.7. The van der Waals surface area contributed by atoms with Gasteiger partial charge in [-0.3, -0.25) is 4.79 Å². The van der Waals surface area contributed by atoms with Crippen molar-refractivity contribution >= 4 is 23.2 Å². The van der Waals surface area contributed by atoms with Gasteiger partial charge in [0.25, 0.3) is 0 Å². The van der Waals surface area contributed by atoms with Crippen LogP contribution in [0.2, 0.25) is 5.02 Å². The smallest absolute Gasteiger partial charge is 0.228 e. The van der Waals surface area contributed by atoms with E-state index in [1.165, 1.54) is 0 Å². The van der Waals surface area contributed by atoms with E-state index in [0.29, 0.717) is 37.7 Å². The van der Waals surface area contributed by atoms with Crippen LogP contribution in [0.25, 0.3) is 0 Å². The standard InChI is InChI=1S/C24H31ClN2O3/c1-24(2,3)16-27-20-10-9-17(25)15-19(20)23(18-7-5-6-8-21(18)29-4)30-14-13-26-12-11-22(27)28/h5-10,15,23,26H,11-14,16H2,1-4H3. The first-order chi connectivity index (χ1) is 14.3. The van der Waals surface area contributed by atoms with Gasteiger partial charge in [-0.05, 0) is 29.7 Å². The third kappa shape index (κ3) is 5.54. The molecule has 0 aromatic heterocycles. The third-order valence-electron chi connectivity index (χ3n) is 5.00. The van der Waals surface area contributed by atoms with Crippen LogP contribution < -0.4 is 15.0 Å². The summed E-state index contributed by atoms with van der Waals surface area (Å²) in [6.07, 6.45) is 0.0160. The number of anilines is 1. The lowest BCUT2D eigenvalue weighted by Crippen LogP contribution is -2.39. The number of para-hydroxylation sites is 1. The first kappa shape index (κ1) is 22.6. The monoisotopic (exact) mass is 430 g/mol. The fraction of sp³-hybridized carbons (Fsp3) is 0.458. The van der Waals surface area contributed by atoms with E-state index in [0.717, 1.165) is 22.6 Å². The summed E-state index contributed by atoms with van der Waals surface area (Å²) in [5, 5.41) is 3.91. The molecule has 0 bridgehead atoms. The molecule has 5 nitrogen and oxygen atoms in total. The number of benzene rings is 2. The largest absolute Gasteiger partial charge is 0.496 e. The highest BCUT2D eigenvalue weighted by Crippen LogP contribution is 2.40. The molecule has 30 heavy (non-hydrogen) atoms. The molecule has 6 heteroatoms. The highest BCUT2D eigenvalue weighted by molar-refractivity contribution is 6.30. The van der Waals surface area contributed by atoms with E-state index in [2.05, 4.69) is 26.1 Å². The minimum Gasteiger partial charge on any atom is -0.496 e. The van der Waals surface area contributed by atoms with Crippen LogP contribution in [0.5, 0.6) is 5.75 Å². The van der Waals surface area contributed by atoms with E-state index < -0.39 is 6.10 Å². The lowest BCUT2D eigenvalue weighted by Gasteiger charge is -2.33. The Labute approximate surface area is 184 Å². The lowest BCUT2D eigenvalue weighted by atomic mass is 9.93. The predicted molar refractivity (Wildman–Crippen MR) is 122 cm³/mol. The Morgan fingerprint density at radius 1 is 1.17 bits per heavy atom. The fourth-order valence-corrected chi connectivity index (χ4v) is 3.88. The van der Waals surface area contributed by atoms with E-state index in [1.807, 2.05) is 47.4 Å². The molecule has 0 aliphatic carbocycles. The van der Waals surface area contributed by atoms with Crippen molar-refractivity contribution in [2.45, 2.75) is 33.3 Å². The summed E-state index contributed by atoms with van der Waals surface area (Å²) in [6.45, 7) is 8.77. The number of nitrogens with one attached hydrogen (secondary N) is 1. The average Bonchev–Trinajstić information content (AvgIpc) is 2.73. The molecule has 1 amide bonds. The van der Waals surface area contributed by atoms with Gasteiger partial charge in [0.05, 0.1) is 13.7 Å². The van der Waals surface area contributed by atoms with Gasteiger partial charge in [0.15, 0.2) is 0 Å². The van der Waals surface area contributed by atoms with Crippen LogP contribution in [0.1, 0.15) is 44.4 Å². The SMILES string of the molecule is COc1ccccc1C1OCCNCCC(=O)N(CC(C)(C)C)c2ccc(Cl)cc21. The average molecular weight is 431 g/mol. The molecule has 0 fully saturated rings. The van der Waals surface area contributed by atoms with Crippen LogP contribution in [0.3, 0.4) is 0 Å². The summed E-state index contributed by atoms with van der Waals surface area (Å²) in [5.74, 6) is 0.826. The molecule has 2 aromatic rings. The Morgan fingerprint density at radius 3 is 2.67 bits per heavy atom. The van der Waals surface area contributed by atoms with Crippen LogP contribution in [0.4, 0.5) is 5.69 Å². The lowest BCUT2D eigenvalue weighted by molar-refractivity contribution is -0.118. The highest BCUT2D eigenvalue weighted by Gasteiger charge is 2.29. The van der Waals surface area contributed by atoms with E-state index in [9.17, 15) is 4.79 Å². The maximum atomic E-state index is 13.2. The van der Waals surface area contributed by atoms with Crippen molar-refractivity contribution in [1.29, 1.82) is 0 Å². The summed E-state index contributed by atoms with van der Waals surface area (Å²) >= 11 is 6.42. The van der Waals surface area contributed by atoms with E-state index in [1.54, 1.807) is 7.11 Å². The number of ether oxygens (including phenoxy) is 2. The van der Waals surface area contributed by atoms with E-state index in [4.69, 9.17) is 21.1 Å². The summed E-state index contributed by atoms with van der Waals surface area (Å²) in [4.78, 5) is 15.1. The van der Waals surface area contributed by atoms with Gasteiger partial charge >= 0.3 is 0 Å². The van der Waals surface area contributed by atoms with Gasteiger partial charge in [0.1, 0.15) is 11.9 Å². The number of nitrogens with zero attached hydrogens (tertiary/aromatic N) is 1. The van der Waals surface area contributed by atoms with Crippen molar-refractivity contribution in [3.05, 3.63) is 58.6 Å². The predicted octanol–water partition coefficient (Wildman–Crippen LogP) is 4.83. The molecule has 1 atom stereocenters. The highest BCUT2D eigenvalue weighted by atomic mass is 35.5. The van der Waals surface area contributed by atoms with Crippen LogP contribution in [-0.4, -0.2) is 39.3 Å². The summed E-state index contributed by atoms with van der Waals surface area (Å²) in [6, 6.07) is 13.5. The Morgan fingerprint density at radius 2 is 1.93 bits per heavy atom. The molecule has 162 valence electrons. The minimum absolute atomic E-state index is 0.0685. The quantitative estimate of drug-likeness (QED) is 0.757. The molecule has 3 rings (SSSR count). The number of hydrogen-bond donors (Lipinski definition) is 1. The Balaban J connectivity index is 2.19. The number of halogens is 1. The van der Waals surface area contributed by atoms with E-state index in [-0.39, 0.29) is 11.3 Å². The number of amides is 1. The number of methoxy groups -OCH3 is 1. The molecule has 0 saturated carbocycles. The molecular formula is C24H31ClN2O3. The number of rotatable bonds is 3. The van der Waals surface area contributed by atoms with Gasteiger partial charge in [-0.2, -0.15) is 0 Å². The van der Waals surface area contributed by atoms with E-state index >= 15 is 0 Å². The molecule has 1 aliphatic rings. The molecule has 1 heterocycles. The Hall–Kier alpha value is -2.08. The maximum Gasteiger partial charge on any atom is 0.228 e. The van der Waals surface area contributed by atoms with Gasteiger partial charge in [-0.15, -0.1) is 0 Å². The van der Waals surface area contributed by atoms with Crippen LogP contribution >= 0.6 is 11.6 Å².